The van der Waals surface area contributed by atoms with Crippen molar-refractivity contribution < 1.29 is 41.9 Å². The third-order valence-electron chi connectivity index (χ3n) is 11.4. The first-order chi connectivity index (χ1) is 41.1. The number of carbonyl (C=O) groups is 5. The van der Waals surface area contributed by atoms with Crippen molar-refractivity contribution in [3.8, 4) is 0 Å². The first-order valence-electron chi connectivity index (χ1n) is 27.0. The lowest BCUT2D eigenvalue weighted by Gasteiger charge is -2.34. The van der Waals surface area contributed by atoms with Crippen LogP contribution in [0, 0.1) is 27.7 Å². The zero-order chi connectivity index (χ0) is 64.3. The van der Waals surface area contributed by atoms with Gasteiger partial charge in [-0.2, -0.15) is 13.2 Å². The lowest BCUT2D eigenvalue weighted by Crippen LogP contribution is -2.45. The fourth-order valence-corrected chi connectivity index (χ4v) is 7.46. The number of nitrogen functional groups attached to an aromatic ring is 1. The number of carbonyl (C=O) groups excluding carboxylic acids is 5. The summed E-state index contributed by atoms with van der Waals surface area (Å²) in [7, 11) is 0. The molecule has 8 rings (SSSR count). The van der Waals surface area contributed by atoms with Gasteiger partial charge in [0, 0.05) is 75.8 Å². The fourth-order valence-electron chi connectivity index (χ4n) is 7.17. The van der Waals surface area contributed by atoms with Crippen LogP contribution in [-0.4, -0.2) is 128 Å². The molecule has 0 unspecified atom stereocenters. The number of alkyl halides is 4. The molecular weight excluding hydrogens is 1200 g/mol. The molecule has 1 aliphatic rings. The van der Waals surface area contributed by atoms with Gasteiger partial charge < -0.3 is 42.0 Å². The minimum Gasteiger partial charge on any atom is -0.444 e. The molecule has 5 amide bonds. The van der Waals surface area contributed by atoms with Crippen LogP contribution in [0.2, 0.25) is 0 Å². The van der Waals surface area contributed by atoms with Gasteiger partial charge in [-0.15, -0.1) is 0 Å². The summed E-state index contributed by atoms with van der Waals surface area (Å²) in [5, 5.41) is 16.7. The largest absolute Gasteiger partial charge is 0.444 e. The molecule has 29 heteroatoms. The smallest absolute Gasteiger partial charge is 0.416 e. The van der Waals surface area contributed by atoms with E-state index in [4.69, 9.17) is 10.5 Å². The summed E-state index contributed by atoms with van der Waals surface area (Å²) >= 11 is 3.24. The van der Waals surface area contributed by atoms with Gasteiger partial charge in [0.1, 0.15) is 11.4 Å². The van der Waals surface area contributed by atoms with Crippen LogP contribution in [0.1, 0.15) is 104 Å². The van der Waals surface area contributed by atoms with Gasteiger partial charge in [0.2, 0.25) is 17.7 Å². The number of piperazine rings is 1. The number of rotatable bonds is 13. The number of anilines is 7. The Morgan fingerprint density at radius 2 is 1.07 bits per heavy atom. The van der Waals surface area contributed by atoms with Gasteiger partial charge >= 0.3 is 12.3 Å². The molecule has 1 fully saturated rings. The summed E-state index contributed by atoms with van der Waals surface area (Å²) in [6.07, 6.45) is 10.4. The Balaban J connectivity index is 0.000000283. The maximum absolute atomic E-state index is 14.0. The number of nitrogens with one attached hydrogen (secondary N) is 6. The molecule has 0 saturated carbocycles. The average Bonchev–Trinajstić information content (AvgIpc) is 1.92. The Bertz CT molecular complexity index is 3300. The normalized spacial score (nSPS) is 12.0. The van der Waals surface area contributed by atoms with Crippen LogP contribution in [0.3, 0.4) is 0 Å². The predicted octanol–water partition coefficient (Wildman–Crippen LogP) is 9.34. The first-order valence-corrected chi connectivity index (χ1v) is 28.1. The van der Waals surface area contributed by atoms with E-state index in [1.54, 1.807) is 63.8 Å². The molecule has 7 aromatic rings. The number of halogens is 4. The number of nitrogens with zero attached hydrogens (tertiary/aromatic N) is 12. The molecule has 464 valence electrons. The van der Waals surface area contributed by atoms with E-state index in [9.17, 15) is 37.1 Å². The second-order valence-corrected chi connectivity index (χ2v) is 20.7. The van der Waals surface area contributed by atoms with E-state index in [2.05, 4.69) is 109 Å². The van der Waals surface area contributed by atoms with Gasteiger partial charge in [-0.1, -0.05) is 35.0 Å². The van der Waals surface area contributed by atoms with Crippen molar-refractivity contribution in [1.29, 1.82) is 0 Å². The monoisotopic (exact) mass is 1270 g/mol. The van der Waals surface area contributed by atoms with Crippen molar-refractivity contribution in [3.63, 3.8) is 0 Å². The second kappa shape index (κ2) is 34.7. The quantitative estimate of drug-likeness (QED) is 0.0528. The Kier molecular flexibility index (Phi) is 28.0. The van der Waals surface area contributed by atoms with Crippen LogP contribution < -0.4 is 37.6 Å². The van der Waals surface area contributed by atoms with E-state index >= 15 is 0 Å². The van der Waals surface area contributed by atoms with Gasteiger partial charge in [-0.25, -0.2) is 29.7 Å². The first kappa shape index (κ1) is 70.3. The molecule has 6 heterocycles. The van der Waals surface area contributed by atoms with Crippen molar-refractivity contribution in [2.75, 3.05) is 70.4 Å². The summed E-state index contributed by atoms with van der Waals surface area (Å²) in [5.41, 5.74) is 10.1. The van der Waals surface area contributed by atoms with E-state index in [0.717, 1.165) is 54.0 Å². The molecule has 8 N–H and O–H groups in total. The maximum atomic E-state index is 14.0. The molecule has 0 aliphatic carbocycles. The number of aryl methyl sites for hydroxylation is 4. The van der Waals surface area contributed by atoms with E-state index in [0.29, 0.717) is 71.1 Å². The van der Waals surface area contributed by atoms with E-state index < -0.39 is 29.3 Å². The number of hydrogen-bond donors (Lipinski definition) is 7. The van der Waals surface area contributed by atoms with Crippen LogP contribution >= 0.6 is 15.9 Å². The Morgan fingerprint density at radius 3 is 1.49 bits per heavy atom. The number of nitrogens with two attached hydrogens (primary N) is 1. The molecule has 0 spiro atoms. The summed E-state index contributed by atoms with van der Waals surface area (Å²) < 4.78 is 47.0. The van der Waals surface area contributed by atoms with Crippen LogP contribution in [-0.2, 0) is 43.7 Å². The molecule has 25 nitrogen and oxygen atoms in total. The third-order valence-corrected chi connectivity index (χ3v) is 12.0. The van der Waals surface area contributed by atoms with Gasteiger partial charge in [0.25, 0.3) is 5.91 Å². The molecule has 0 atom stereocenters. The number of likely N-dealkylation sites (N-methyl/N-ethyl adjacent to an activating group) is 1. The van der Waals surface area contributed by atoms with Crippen molar-refractivity contribution in [2.45, 2.75) is 106 Å². The number of aromatic nitrogens is 10. The van der Waals surface area contributed by atoms with Gasteiger partial charge in [0.15, 0.2) is 23.3 Å². The predicted molar refractivity (Wildman–Crippen MR) is 329 cm³/mol. The highest BCUT2D eigenvalue weighted by Gasteiger charge is 2.35. The highest BCUT2D eigenvalue weighted by atomic mass is 79.9. The lowest BCUT2D eigenvalue weighted by molar-refractivity contribution is -0.138. The van der Waals surface area contributed by atoms with Crippen LogP contribution in [0.4, 0.5) is 58.4 Å². The molecule has 1 saturated heterocycles. The summed E-state index contributed by atoms with van der Waals surface area (Å²) in [6.45, 7) is 23.6. The molecule has 2 aromatic carbocycles. The maximum Gasteiger partial charge on any atom is 0.416 e. The Labute approximate surface area is 511 Å². The average molecular weight is 1270 g/mol. The topological polar surface area (TPSA) is 328 Å². The van der Waals surface area contributed by atoms with E-state index in [1.807, 2.05) is 32.6 Å². The number of benzene rings is 2. The van der Waals surface area contributed by atoms with Gasteiger partial charge in [0.05, 0.1) is 103 Å². The lowest BCUT2D eigenvalue weighted by atomic mass is 10.0. The molecule has 5 aromatic heterocycles. The molecule has 1 aliphatic heterocycles. The minimum absolute atomic E-state index is 0.0681. The SMILES string of the molecule is CC(=O)Nc1cnc(C)cn1.CC(=O)Nc1cnc(CBr)cn1.CCN1CCN(Cc2ccc(C(=O)Nc3ccc(C)c(NCc4cnc(NC(C)=O)cn4)c3)cc2C(F)(F)F)CC1.Cc1cnc(N)cn1.Cc1cnc(NC(=O)OC(C)(C)C)cn1. The Morgan fingerprint density at radius 1 is 0.586 bits per heavy atom. The zero-order valence-corrected chi connectivity index (χ0v) is 51.9. The molecule has 0 radical (unpaired) electrons. The highest BCUT2D eigenvalue weighted by Crippen LogP contribution is 2.34. The minimum atomic E-state index is -4.58. The van der Waals surface area contributed by atoms with Crippen molar-refractivity contribution in [3.05, 3.63) is 149 Å². The van der Waals surface area contributed by atoms with E-state index in [-0.39, 0.29) is 35.4 Å². The summed E-state index contributed by atoms with van der Waals surface area (Å²) in [4.78, 5) is 101. The van der Waals surface area contributed by atoms with Crippen molar-refractivity contribution in [2.24, 2.45) is 0 Å². The summed E-state index contributed by atoms with van der Waals surface area (Å²) in [6, 6.07) is 8.98. The number of ether oxygens (including phenoxy) is 1. The van der Waals surface area contributed by atoms with Gasteiger partial charge in [-0.3, -0.25) is 54.3 Å². The van der Waals surface area contributed by atoms with E-state index in [1.165, 1.54) is 70.1 Å². The Hall–Kier alpha value is -9.22. The van der Waals surface area contributed by atoms with Crippen molar-refractivity contribution in [1.82, 2.24) is 59.6 Å². The fraction of sp³-hybridized carbons (Fsp3) is 0.362. The molecular formula is C58H73BrF3N19O6. The molecule has 0 bridgehead atoms. The van der Waals surface area contributed by atoms with Gasteiger partial charge in [-0.05, 0) is 90.4 Å². The highest BCUT2D eigenvalue weighted by molar-refractivity contribution is 9.08. The van der Waals surface area contributed by atoms with Crippen LogP contribution in [0.25, 0.3) is 0 Å². The number of hydrogen-bond acceptors (Lipinski definition) is 20. The zero-order valence-electron chi connectivity index (χ0n) is 50.3. The number of amides is 5. The molecule has 87 heavy (non-hydrogen) atoms. The van der Waals surface area contributed by atoms with Crippen molar-refractivity contribution >= 4 is 86.1 Å². The third kappa shape index (κ3) is 27.6. The summed E-state index contributed by atoms with van der Waals surface area (Å²) in [5.74, 6) is 1.01. The van der Waals surface area contributed by atoms with Crippen LogP contribution in [0.5, 0.6) is 0 Å². The van der Waals surface area contributed by atoms with Crippen LogP contribution in [0.15, 0.2) is 98.4 Å². The standard InChI is InChI=1S/C29H34F3N7O2.C10H15N3O2.C7H8BrN3O.C7H9N3O.C5H7N3/c1-4-38-9-11-39(12-10-38)18-22-7-6-21(13-25(22)29(30,31)32)28(41)37-23-8-5-19(2)26(14-23)34-15-24-16-35-27(17-33-24)36-20(3)40;1-7-5-12-8(6-11-7)13-9(14)15-10(2,3)4;1-5(12)11-7-4-9-6(2-8)3-10-7;1-5-3-9-7(4-8-5)10-6(2)11;1-4-2-8-5(6)3-7-4/h5-8,13-14,16-17,34H,4,9-12,15,18H2,1-3H3,(H,37,41)(H,35,36,40);5-6H,1-4H3,(H,12,13,14);3-4H,2H2,1H3,(H,10,11,12);3-4H,1-2H3,(H,9,10,11);2-3H,1H3,(H2,6,8). The second-order valence-electron chi connectivity index (χ2n) is 20.2.